The van der Waals surface area contributed by atoms with Gasteiger partial charge >= 0.3 is 0 Å². The highest BCUT2D eigenvalue weighted by Crippen LogP contribution is 2.40. The lowest BCUT2D eigenvalue weighted by atomic mass is 10.0. The van der Waals surface area contributed by atoms with Crippen molar-refractivity contribution in [3.63, 3.8) is 0 Å². The van der Waals surface area contributed by atoms with E-state index in [1.54, 1.807) is 0 Å². The molecule has 0 spiro atoms. The zero-order chi connectivity index (χ0) is 16.0. The van der Waals surface area contributed by atoms with Crippen molar-refractivity contribution in [3.05, 3.63) is 18.2 Å². The van der Waals surface area contributed by atoms with Crippen LogP contribution in [0.4, 0.5) is 0 Å². The van der Waals surface area contributed by atoms with Gasteiger partial charge in [-0.1, -0.05) is 6.92 Å². The molecule has 23 heavy (non-hydrogen) atoms. The van der Waals surface area contributed by atoms with Crippen molar-refractivity contribution in [2.24, 2.45) is 5.92 Å². The summed E-state index contributed by atoms with van der Waals surface area (Å²) in [5.41, 5.74) is 0.507. The van der Waals surface area contributed by atoms with E-state index in [2.05, 4.69) is 17.1 Å². The van der Waals surface area contributed by atoms with Crippen LogP contribution in [-0.4, -0.2) is 36.0 Å². The number of aromatic nitrogens is 2. The highest BCUT2D eigenvalue weighted by Gasteiger charge is 2.33. The van der Waals surface area contributed by atoms with Gasteiger partial charge in [0.2, 0.25) is 11.0 Å². The van der Waals surface area contributed by atoms with E-state index in [4.69, 9.17) is 8.83 Å². The highest BCUT2D eigenvalue weighted by molar-refractivity contribution is 7.89. The standard InChI is InChI=1S/C15H19N3O4S/c1-10-3-2-6-18(8-10)23(19,20)13-7-12(9-21-13)15-17-16-14(22-15)11-4-5-11/h7,9-11H,2-6,8H2,1H3/t10-/m1/s1. The van der Waals surface area contributed by atoms with E-state index in [1.165, 1.54) is 16.6 Å². The van der Waals surface area contributed by atoms with E-state index in [1.807, 2.05) is 0 Å². The van der Waals surface area contributed by atoms with Crippen LogP contribution in [0.15, 0.2) is 26.3 Å². The normalized spacial score (nSPS) is 23.3. The quantitative estimate of drug-likeness (QED) is 0.852. The van der Waals surface area contributed by atoms with Gasteiger partial charge in [-0.25, -0.2) is 8.42 Å². The smallest absolute Gasteiger partial charge is 0.276 e. The summed E-state index contributed by atoms with van der Waals surface area (Å²) in [6.07, 6.45) is 5.44. The molecule has 2 aliphatic rings. The first-order chi connectivity index (χ1) is 11.0. The Morgan fingerprint density at radius 3 is 2.83 bits per heavy atom. The Morgan fingerprint density at radius 2 is 2.09 bits per heavy atom. The summed E-state index contributed by atoms with van der Waals surface area (Å²) in [5.74, 6) is 1.66. The summed E-state index contributed by atoms with van der Waals surface area (Å²) in [5, 5.41) is 7.93. The number of hydrogen-bond acceptors (Lipinski definition) is 6. The van der Waals surface area contributed by atoms with Crippen molar-refractivity contribution in [1.82, 2.24) is 14.5 Å². The van der Waals surface area contributed by atoms with Gasteiger partial charge in [-0.05, 0) is 31.6 Å². The van der Waals surface area contributed by atoms with Crippen LogP contribution in [0.3, 0.4) is 0 Å². The predicted octanol–water partition coefficient (Wildman–Crippen LogP) is 2.63. The van der Waals surface area contributed by atoms with Gasteiger partial charge in [0.25, 0.3) is 15.9 Å². The third kappa shape index (κ3) is 2.81. The fourth-order valence-corrected chi connectivity index (χ4v) is 4.42. The number of hydrogen-bond donors (Lipinski definition) is 0. The molecule has 7 nitrogen and oxygen atoms in total. The molecule has 0 amide bonds. The SMILES string of the molecule is C[C@@H]1CCCN(S(=O)(=O)c2cc(-c3nnc(C4CC4)o3)co2)C1. The van der Waals surface area contributed by atoms with Crippen molar-refractivity contribution in [1.29, 1.82) is 0 Å². The minimum atomic E-state index is -3.60. The maximum atomic E-state index is 12.7. The van der Waals surface area contributed by atoms with Gasteiger partial charge in [0.05, 0.1) is 5.56 Å². The zero-order valence-electron chi connectivity index (χ0n) is 12.9. The first kappa shape index (κ1) is 14.9. The maximum absolute atomic E-state index is 12.7. The molecule has 124 valence electrons. The first-order valence-electron chi connectivity index (χ1n) is 7.96. The monoisotopic (exact) mass is 337 g/mol. The Kier molecular flexibility index (Phi) is 3.53. The van der Waals surface area contributed by atoms with Crippen LogP contribution in [-0.2, 0) is 10.0 Å². The molecule has 1 aliphatic carbocycles. The molecule has 0 unspecified atom stereocenters. The van der Waals surface area contributed by atoms with Crippen LogP contribution in [0.5, 0.6) is 0 Å². The zero-order valence-corrected chi connectivity index (χ0v) is 13.8. The largest absolute Gasteiger partial charge is 0.451 e. The van der Waals surface area contributed by atoms with Gasteiger partial charge < -0.3 is 8.83 Å². The first-order valence-corrected chi connectivity index (χ1v) is 9.40. The van der Waals surface area contributed by atoms with Crippen molar-refractivity contribution < 1.29 is 17.3 Å². The van der Waals surface area contributed by atoms with Crippen LogP contribution >= 0.6 is 0 Å². The molecule has 2 aromatic rings. The van der Waals surface area contributed by atoms with Gasteiger partial charge in [-0.2, -0.15) is 4.31 Å². The van der Waals surface area contributed by atoms with Crippen molar-refractivity contribution in [3.8, 4) is 11.5 Å². The fourth-order valence-electron chi connectivity index (χ4n) is 2.90. The number of piperidine rings is 1. The Morgan fingerprint density at radius 1 is 1.26 bits per heavy atom. The molecule has 4 rings (SSSR count). The summed E-state index contributed by atoms with van der Waals surface area (Å²) in [6, 6.07) is 1.47. The van der Waals surface area contributed by atoms with E-state index in [9.17, 15) is 8.42 Å². The van der Waals surface area contributed by atoms with E-state index >= 15 is 0 Å². The predicted molar refractivity (Wildman–Crippen MR) is 81.1 cm³/mol. The summed E-state index contributed by atoms with van der Waals surface area (Å²) < 4.78 is 37.7. The summed E-state index contributed by atoms with van der Waals surface area (Å²) in [4.78, 5) is 0. The van der Waals surface area contributed by atoms with E-state index in [0.717, 1.165) is 25.7 Å². The minimum Gasteiger partial charge on any atom is -0.451 e. The van der Waals surface area contributed by atoms with E-state index < -0.39 is 10.0 Å². The number of nitrogens with zero attached hydrogens (tertiary/aromatic N) is 3. The molecule has 0 radical (unpaired) electrons. The van der Waals surface area contributed by atoms with E-state index in [-0.39, 0.29) is 5.09 Å². The molecule has 2 aromatic heterocycles. The van der Waals surface area contributed by atoms with Gasteiger partial charge in [0.1, 0.15) is 6.26 Å². The summed E-state index contributed by atoms with van der Waals surface area (Å²) >= 11 is 0. The van der Waals surface area contributed by atoms with Crippen LogP contribution in [0.1, 0.15) is 44.4 Å². The summed E-state index contributed by atoms with van der Waals surface area (Å²) in [6.45, 7) is 3.13. The second kappa shape index (κ2) is 5.45. The highest BCUT2D eigenvalue weighted by atomic mass is 32.2. The molecule has 0 bridgehead atoms. The molecule has 2 fully saturated rings. The lowest BCUT2D eigenvalue weighted by molar-refractivity contribution is 0.274. The average Bonchev–Trinajstić information content (AvgIpc) is 3.06. The molecular weight excluding hydrogens is 318 g/mol. The van der Waals surface area contributed by atoms with Gasteiger partial charge in [-0.15, -0.1) is 10.2 Å². The molecule has 0 N–H and O–H groups in total. The second-order valence-electron chi connectivity index (χ2n) is 6.48. The van der Waals surface area contributed by atoms with Gasteiger partial charge in [0, 0.05) is 25.1 Å². The number of rotatable bonds is 4. The molecular formula is C15H19N3O4S. The van der Waals surface area contributed by atoms with Crippen molar-refractivity contribution >= 4 is 10.0 Å². The molecule has 1 saturated heterocycles. The minimum absolute atomic E-state index is 0.0622. The number of sulfonamides is 1. The lowest BCUT2D eigenvalue weighted by Crippen LogP contribution is -2.38. The van der Waals surface area contributed by atoms with Crippen LogP contribution in [0, 0.1) is 5.92 Å². The second-order valence-corrected chi connectivity index (χ2v) is 8.35. The van der Waals surface area contributed by atoms with Gasteiger partial charge in [-0.3, -0.25) is 0 Å². The van der Waals surface area contributed by atoms with Crippen LogP contribution in [0.25, 0.3) is 11.5 Å². The van der Waals surface area contributed by atoms with Crippen LogP contribution in [0.2, 0.25) is 0 Å². The van der Waals surface area contributed by atoms with E-state index in [0.29, 0.717) is 42.3 Å². The third-order valence-corrected chi connectivity index (χ3v) is 6.14. The Hall–Kier alpha value is -1.67. The lowest BCUT2D eigenvalue weighted by Gasteiger charge is -2.28. The molecule has 8 heteroatoms. The Labute approximate surface area is 134 Å². The molecule has 1 atom stereocenters. The van der Waals surface area contributed by atoms with Crippen molar-refractivity contribution in [2.45, 2.75) is 43.6 Å². The molecule has 1 aliphatic heterocycles. The fraction of sp³-hybridized carbons (Fsp3) is 0.600. The molecule has 0 aromatic carbocycles. The van der Waals surface area contributed by atoms with Crippen LogP contribution < -0.4 is 0 Å². The third-order valence-electron chi connectivity index (χ3n) is 4.40. The topological polar surface area (TPSA) is 89.4 Å². The Bertz CT molecular complexity index is 806. The maximum Gasteiger partial charge on any atom is 0.276 e. The van der Waals surface area contributed by atoms with Crippen molar-refractivity contribution in [2.75, 3.05) is 13.1 Å². The average molecular weight is 337 g/mol. The summed E-state index contributed by atoms with van der Waals surface area (Å²) in [7, 11) is -3.60. The molecule has 1 saturated carbocycles. The Balaban J connectivity index is 1.58. The number of furan rings is 1. The molecule has 3 heterocycles. The van der Waals surface area contributed by atoms with Gasteiger partial charge in [0.15, 0.2) is 0 Å².